The lowest BCUT2D eigenvalue weighted by Gasteiger charge is -2.15. The Bertz CT molecular complexity index is 502. The average molecular weight is 379 g/mol. The van der Waals surface area contributed by atoms with Gasteiger partial charge in [0.05, 0.1) is 20.3 Å². The number of azide groups is 1. The molecule has 4 atom stereocenters. The standard InChI is InChI=1S/C7H12N4O2.C7H14N2O2.ClH/c1-11-4-5(9-10-8)3-6(11)7(12)13-2;1-9-4-5(8)3-6(9)7(10)11-2;/h5-6H,3-4H2,1-2H3;5-6H,3-4,8H2,1-2H3;1H/t5-,6+;5?,6-;/m10./s1. The van der Waals surface area contributed by atoms with Gasteiger partial charge < -0.3 is 15.2 Å². The topological polar surface area (TPSA) is 134 Å². The third-order valence-corrected chi connectivity index (χ3v) is 4.27. The van der Waals surface area contributed by atoms with Crippen LogP contribution in [0.15, 0.2) is 5.11 Å². The van der Waals surface area contributed by atoms with E-state index in [4.69, 9.17) is 11.3 Å². The highest BCUT2D eigenvalue weighted by atomic mass is 35.5. The Balaban J connectivity index is 0.000000449. The second-order valence-electron chi connectivity index (χ2n) is 6.05. The normalized spacial score (nSPS) is 28.8. The summed E-state index contributed by atoms with van der Waals surface area (Å²) in [6.07, 6.45) is 1.26. The minimum atomic E-state index is -0.266. The number of carbonyl (C=O) groups is 2. The van der Waals surface area contributed by atoms with E-state index in [0.29, 0.717) is 19.4 Å². The number of nitrogens with zero attached hydrogens (tertiary/aromatic N) is 5. The van der Waals surface area contributed by atoms with E-state index in [1.165, 1.54) is 14.2 Å². The van der Waals surface area contributed by atoms with Crippen LogP contribution in [0.25, 0.3) is 10.4 Å². The molecule has 0 aromatic heterocycles. The molecule has 2 saturated heterocycles. The predicted molar refractivity (Wildman–Crippen MR) is 94.3 cm³/mol. The molecular formula is C14H27ClN6O4. The van der Waals surface area contributed by atoms with Gasteiger partial charge in [-0.15, -0.1) is 12.4 Å². The van der Waals surface area contributed by atoms with Crippen molar-refractivity contribution in [2.24, 2.45) is 10.8 Å². The molecule has 0 radical (unpaired) electrons. The van der Waals surface area contributed by atoms with E-state index in [1.807, 2.05) is 23.9 Å². The van der Waals surface area contributed by atoms with Gasteiger partial charge in [-0.2, -0.15) is 0 Å². The first-order valence-electron chi connectivity index (χ1n) is 7.69. The summed E-state index contributed by atoms with van der Waals surface area (Å²) in [5, 5.41) is 3.57. The number of halogens is 1. The fourth-order valence-corrected chi connectivity index (χ4v) is 2.99. The van der Waals surface area contributed by atoms with Gasteiger partial charge in [0.25, 0.3) is 0 Å². The zero-order chi connectivity index (χ0) is 18.3. The van der Waals surface area contributed by atoms with Gasteiger partial charge in [0.2, 0.25) is 0 Å². The first kappa shape index (κ1) is 23.4. The predicted octanol–water partition coefficient (Wildman–Crippen LogP) is 0.155. The van der Waals surface area contributed by atoms with Crippen LogP contribution in [0.5, 0.6) is 0 Å². The minimum absolute atomic E-state index is 0. The van der Waals surface area contributed by atoms with Crippen LogP contribution >= 0.6 is 12.4 Å². The van der Waals surface area contributed by atoms with E-state index in [2.05, 4.69) is 19.5 Å². The van der Waals surface area contributed by atoms with Crippen molar-refractivity contribution in [1.82, 2.24) is 9.80 Å². The highest BCUT2D eigenvalue weighted by Gasteiger charge is 2.34. The lowest BCUT2D eigenvalue weighted by Crippen LogP contribution is -2.33. The van der Waals surface area contributed by atoms with Crippen LogP contribution in [-0.2, 0) is 19.1 Å². The summed E-state index contributed by atoms with van der Waals surface area (Å²) in [6.45, 7) is 1.39. The molecule has 25 heavy (non-hydrogen) atoms. The Morgan fingerprint density at radius 2 is 1.56 bits per heavy atom. The Morgan fingerprint density at radius 3 is 1.96 bits per heavy atom. The summed E-state index contributed by atoms with van der Waals surface area (Å²) >= 11 is 0. The Kier molecular flexibility index (Phi) is 10.4. The van der Waals surface area contributed by atoms with Crippen molar-refractivity contribution in [3.63, 3.8) is 0 Å². The second kappa shape index (κ2) is 11.1. The molecule has 2 heterocycles. The number of hydrogen-bond donors (Lipinski definition) is 1. The third kappa shape index (κ3) is 6.68. The van der Waals surface area contributed by atoms with Crippen molar-refractivity contribution in [2.45, 2.75) is 37.0 Å². The van der Waals surface area contributed by atoms with Crippen LogP contribution < -0.4 is 5.73 Å². The number of likely N-dealkylation sites (N-methyl/N-ethyl adjacent to an activating group) is 2. The van der Waals surface area contributed by atoms with Crippen molar-refractivity contribution < 1.29 is 19.1 Å². The number of ether oxygens (including phenoxy) is 2. The van der Waals surface area contributed by atoms with Crippen molar-refractivity contribution in [2.75, 3.05) is 41.4 Å². The summed E-state index contributed by atoms with van der Waals surface area (Å²) in [5.74, 6) is -0.446. The number of hydrogen-bond acceptors (Lipinski definition) is 8. The maximum atomic E-state index is 11.2. The lowest BCUT2D eigenvalue weighted by molar-refractivity contribution is -0.146. The molecule has 2 fully saturated rings. The summed E-state index contributed by atoms with van der Waals surface area (Å²) in [6, 6.07) is -0.390. The van der Waals surface area contributed by atoms with Crippen molar-refractivity contribution >= 4 is 24.3 Å². The van der Waals surface area contributed by atoms with E-state index >= 15 is 0 Å². The van der Waals surface area contributed by atoms with Crippen molar-refractivity contribution in [3.05, 3.63) is 10.4 Å². The monoisotopic (exact) mass is 378 g/mol. The van der Waals surface area contributed by atoms with Gasteiger partial charge in [-0.25, -0.2) is 0 Å². The molecule has 0 aliphatic carbocycles. The van der Waals surface area contributed by atoms with E-state index in [0.717, 1.165) is 6.54 Å². The molecule has 1 unspecified atom stereocenters. The van der Waals surface area contributed by atoms with Crippen LogP contribution in [0.4, 0.5) is 0 Å². The molecule has 2 aliphatic rings. The van der Waals surface area contributed by atoms with Crippen LogP contribution in [0.1, 0.15) is 12.8 Å². The van der Waals surface area contributed by atoms with Gasteiger partial charge >= 0.3 is 11.9 Å². The third-order valence-electron chi connectivity index (χ3n) is 4.27. The number of likely N-dealkylation sites (tertiary alicyclic amines) is 2. The minimum Gasteiger partial charge on any atom is -0.468 e. The van der Waals surface area contributed by atoms with E-state index in [9.17, 15) is 9.59 Å². The molecule has 0 saturated carbocycles. The molecule has 2 aliphatic heterocycles. The number of carbonyl (C=O) groups excluding carboxylic acids is 2. The van der Waals surface area contributed by atoms with E-state index in [1.54, 1.807) is 0 Å². The van der Waals surface area contributed by atoms with Gasteiger partial charge in [-0.05, 0) is 32.5 Å². The molecule has 2 N–H and O–H groups in total. The Morgan fingerprint density at radius 1 is 1.08 bits per heavy atom. The SMILES string of the molecule is COC(=O)[C@@H]1CC(N)CN1C.COC(=O)[C@@H]1C[C@@H](N=[N+]=[N-])CN1C.Cl. The highest BCUT2D eigenvalue weighted by molar-refractivity contribution is 5.85. The first-order valence-corrected chi connectivity index (χ1v) is 7.69. The zero-order valence-corrected chi connectivity index (χ0v) is 15.8. The fraction of sp³-hybridized carbons (Fsp3) is 0.857. The van der Waals surface area contributed by atoms with Crippen molar-refractivity contribution in [3.8, 4) is 0 Å². The van der Waals surface area contributed by atoms with Gasteiger partial charge in [0.15, 0.2) is 0 Å². The summed E-state index contributed by atoms with van der Waals surface area (Å²) < 4.78 is 9.23. The molecule has 0 spiro atoms. The number of nitrogens with two attached hydrogens (primary N) is 1. The molecular weight excluding hydrogens is 352 g/mol. The molecule has 0 amide bonds. The van der Waals surface area contributed by atoms with Crippen molar-refractivity contribution in [1.29, 1.82) is 0 Å². The van der Waals surface area contributed by atoms with Gasteiger partial charge in [-0.1, -0.05) is 5.11 Å². The fourth-order valence-electron chi connectivity index (χ4n) is 2.99. The first-order chi connectivity index (χ1) is 11.3. The van der Waals surface area contributed by atoms with E-state index in [-0.39, 0.29) is 48.5 Å². The summed E-state index contributed by atoms with van der Waals surface area (Å²) in [5.41, 5.74) is 13.9. The molecule has 144 valence electrons. The molecule has 10 nitrogen and oxygen atoms in total. The lowest BCUT2D eigenvalue weighted by atomic mass is 10.2. The molecule has 0 aromatic rings. The zero-order valence-electron chi connectivity index (χ0n) is 15.0. The maximum absolute atomic E-state index is 11.2. The molecule has 0 aromatic carbocycles. The summed E-state index contributed by atoms with van der Waals surface area (Å²) in [7, 11) is 6.46. The number of esters is 2. The van der Waals surface area contributed by atoms with Gasteiger partial charge in [0.1, 0.15) is 12.1 Å². The highest BCUT2D eigenvalue weighted by Crippen LogP contribution is 2.19. The van der Waals surface area contributed by atoms with Crippen LogP contribution in [0.3, 0.4) is 0 Å². The average Bonchev–Trinajstić information content (AvgIpc) is 3.08. The van der Waals surface area contributed by atoms with Crippen LogP contribution in [0.2, 0.25) is 0 Å². The number of methoxy groups -OCH3 is 2. The van der Waals surface area contributed by atoms with Crippen LogP contribution in [0, 0.1) is 0 Å². The smallest absolute Gasteiger partial charge is 0.323 e. The van der Waals surface area contributed by atoms with Gasteiger partial charge in [0, 0.05) is 24.0 Å². The van der Waals surface area contributed by atoms with E-state index < -0.39 is 0 Å². The number of rotatable bonds is 3. The quantitative estimate of drug-likeness (QED) is 0.320. The van der Waals surface area contributed by atoms with Gasteiger partial charge in [-0.3, -0.25) is 19.4 Å². The largest absolute Gasteiger partial charge is 0.468 e. The molecule has 0 bridgehead atoms. The molecule has 11 heteroatoms. The Hall–Kier alpha value is -1.58. The Labute approximate surface area is 153 Å². The summed E-state index contributed by atoms with van der Waals surface area (Å²) in [4.78, 5) is 28.7. The maximum Gasteiger partial charge on any atom is 0.323 e. The van der Waals surface area contributed by atoms with Crippen LogP contribution in [-0.4, -0.2) is 87.3 Å². The second-order valence-corrected chi connectivity index (χ2v) is 6.05. The molecule has 2 rings (SSSR count).